The van der Waals surface area contributed by atoms with Gasteiger partial charge in [-0.25, -0.2) is 9.18 Å². The molecule has 2 heterocycles. The maximum atomic E-state index is 13.0. The number of hydrogen-bond donors (Lipinski definition) is 0. The number of rotatable bonds is 4. The van der Waals surface area contributed by atoms with Gasteiger partial charge in [0.25, 0.3) is 0 Å². The van der Waals surface area contributed by atoms with Crippen LogP contribution in [0.2, 0.25) is 0 Å². The number of fused-ring (bicyclic) bond motifs is 1. The van der Waals surface area contributed by atoms with Crippen LogP contribution in [0, 0.1) is 5.82 Å². The number of benzene rings is 1. The summed E-state index contributed by atoms with van der Waals surface area (Å²) in [6.45, 7) is 2.71. The number of halogens is 1. The Bertz CT molecular complexity index is 593. The summed E-state index contributed by atoms with van der Waals surface area (Å²) < 4.78 is 17.8. The fourth-order valence-electron chi connectivity index (χ4n) is 3.16. The van der Waals surface area contributed by atoms with E-state index < -0.39 is 0 Å². The van der Waals surface area contributed by atoms with Crippen LogP contribution < -0.4 is 0 Å². The molecule has 0 N–H and O–H groups in total. The summed E-state index contributed by atoms with van der Waals surface area (Å²) in [5.74, 6) is -0.331. The molecule has 1 aromatic carbocycles. The third kappa shape index (κ3) is 3.29. The number of ether oxygens (including phenoxy) is 1. The normalized spacial score (nSPS) is 20.9. The number of carbonyl (C=O) groups excluding carboxylic acids is 2. The highest BCUT2D eigenvalue weighted by atomic mass is 19.1. The Morgan fingerprint density at radius 1 is 1.26 bits per heavy atom. The molecule has 23 heavy (non-hydrogen) atoms. The van der Waals surface area contributed by atoms with E-state index in [-0.39, 0.29) is 30.4 Å². The predicted octanol–water partition coefficient (Wildman–Crippen LogP) is 0.920. The predicted molar refractivity (Wildman–Crippen MR) is 81.2 cm³/mol. The molecule has 0 aliphatic carbocycles. The van der Waals surface area contributed by atoms with Crippen LogP contribution in [0.3, 0.4) is 0 Å². The third-order valence-corrected chi connectivity index (χ3v) is 4.34. The van der Waals surface area contributed by atoms with Gasteiger partial charge in [-0.3, -0.25) is 4.79 Å². The number of methoxy groups -OCH3 is 1. The summed E-state index contributed by atoms with van der Waals surface area (Å²) in [5.41, 5.74) is 0.895. The van der Waals surface area contributed by atoms with Crippen molar-refractivity contribution in [1.82, 2.24) is 14.7 Å². The first-order chi connectivity index (χ1) is 11.1. The van der Waals surface area contributed by atoms with Crippen molar-refractivity contribution >= 4 is 11.9 Å². The van der Waals surface area contributed by atoms with Crippen molar-refractivity contribution in [2.75, 3.05) is 39.9 Å². The number of hydrogen-bond acceptors (Lipinski definition) is 3. The number of amides is 3. The summed E-state index contributed by atoms with van der Waals surface area (Å²) in [6, 6.07) is 6.17. The second-order valence-corrected chi connectivity index (χ2v) is 5.91. The molecule has 0 radical (unpaired) electrons. The maximum absolute atomic E-state index is 13.0. The first-order valence-electron chi connectivity index (χ1n) is 7.65. The lowest BCUT2D eigenvalue weighted by atomic mass is 10.2. The van der Waals surface area contributed by atoms with Crippen LogP contribution in [-0.2, 0) is 16.1 Å². The van der Waals surface area contributed by atoms with E-state index in [1.54, 1.807) is 21.9 Å². The minimum absolute atomic E-state index is 0.0116. The zero-order valence-electron chi connectivity index (χ0n) is 13.1. The van der Waals surface area contributed by atoms with E-state index in [0.29, 0.717) is 32.7 Å². The summed E-state index contributed by atoms with van der Waals surface area (Å²) in [5, 5.41) is 0. The van der Waals surface area contributed by atoms with Crippen LogP contribution in [0.15, 0.2) is 24.3 Å². The van der Waals surface area contributed by atoms with Crippen molar-refractivity contribution in [3.8, 4) is 0 Å². The van der Waals surface area contributed by atoms with E-state index in [2.05, 4.69) is 0 Å². The van der Waals surface area contributed by atoms with Gasteiger partial charge in [0.05, 0.1) is 6.04 Å². The average molecular weight is 321 g/mol. The van der Waals surface area contributed by atoms with Crippen molar-refractivity contribution in [3.63, 3.8) is 0 Å². The SMILES string of the molecule is COCC(=O)N1CCN2C(=O)N(Cc3ccc(F)cc3)CC2C1. The molecule has 6 nitrogen and oxygen atoms in total. The molecule has 0 spiro atoms. The number of urea groups is 1. The fraction of sp³-hybridized carbons (Fsp3) is 0.500. The largest absolute Gasteiger partial charge is 0.375 e. The van der Waals surface area contributed by atoms with Gasteiger partial charge in [0, 0.05) is 39.8 Å². The number of nitrogens with zero attached hydrogens (tertiary/aromatic N) is 3. The maximum Gasteiger partial charge on any atom is 0.320 e. The number of carbonyl (C=O) groups is 2. The quantitative estimate of drug-likeness (QED) is 0.829. The van der Waals surface area contributed by atoms with Crippen molar-refractivity contribution < 1.29 is 18.7 Å². The third-order valence-electron chi connectivity index (χ3n) is 4.34. The lowest BCUT2D eigenvalue weighted by Gasteiger charge is -2.36. The lowest BCUT2D eigenvalue weighted by molar-refractivity contribution is -0.137. The van der Waals surface area contributed by atoms with Gasteiger partial charge in [0.2, 0.25) is 5.91 Å². The van der Waals surface area contributed by atoms with Crippen molar-refractivity contribution in [1.29, 1.82) is 0 Å². The average Bonchev–Trinajstić information content (AvgIpc) is 2.85. The Kier molecular flexibility index (Phi) is 4.47. The molecule has 3 amide bonds. The van der Waals surface area contributed by atoms with Gasteiger partial charge in [-0.05, 0) is 17.7 Å². The van der Waals surface area contributed by atoms with Gasteiger partial charge < -0.3 is 19.4 Å². The van der Waals surface area contributed by atoms with Crippen LogP contribution in [0.25, 0.3) is 0 Å². The molecule has 0 bridgehead atoms. The van der Waals surface area contributed by atoms with Crippen LogP contribution in [0.4, 0.5) is 9.18 Å². The standard InChI is InChI=1S/C16H20FN3O3/c1-23-11-15(21)18-6-7-20-14(9-18)10-19(16(20)22)8-12-2-4-13(17)5-3-12/h2-5,14H,6-11H2,1H3. The molecule has 1 atom stereocenters. The van der Waals surface area contributed by atoms with E-state index >= 15 is 0 Å². The first kappa shape index (κ1) is 15.7. The van der Waals surface area contributed by atoms with Gasteiger partial charge in [-0.15, -0.1) is 0 Å². The Hall–Kier alpha value is -2.15. The highest BCUT2D eigenvalue weighted by molar-refractivity contribution is 5.80. The fourth-order valence-corrected chi connectivity index (χ4v) is 3.16. The van der Waals surface area contributed by atoms with E-state index in [0.717, 1.165) is 5.56 Å². The molecule has 1 aromatic rings. The van der Waals surface area contributed by atoms with E-state index in [1.807, 2.05) is 4.90 Å². The molecule has 2 aliphatic heterocycles. The number of piperazine rings is 1. The van der Waals surface area contributed by atoms with Crippen molar-refractivity contribution in [2.24, 2.45) is 0 Å². The summed E-state index contributed by atoms with van der Waals surface area (Å²) in [6.07, 6.45) is 0. The Morgan fingerprint density at radius 2 is 2.00 bits per heavy atom. The summed E-state index contributed by atoms with van der Waals surface area (Å²) >= 11 is 0. The zero-order chi connectivity index (χ0) is 16.4. The van der Waals surface area contributed by atoms with Crippen LogP contribution in [-0.4, -0.2) is 72.6 Å². The molecule has 0 saturated carbocycles. The van der Waals surface area contributed by atoms with Crippen LogP contribution in [0.5, 0.6) is 0 Å². The van der Waals surface area contributed by atoms with Gasteiger partial charge >= 0.3 is 6.03 Å². The van der Waals surface area contributed by atoms with Crippen molar-refractivity contribution in [2.45, 2.75) is 12.6 Å². The smallest absolute Gasteiger partial charge is 0.320 e. The van der Waals surface area contributed by atoms with Gasteiger partial charge in [-0.2, -0.15) is 0 Å². The molecule has 124 valence electrons. The highest BCUT2D eigenvalue weighted by Gasteiger charge is 2.41. The molecule has 0 aromatic heterocycles. The molecular formula is C16H20FN3O3. The lowest BCUT2D eigenvalue weighted by Crippen LogP contribution is -2.54. The first-order valence-corrected chi connectivity index (χ1v) is 7.65. The van der Waals surface area contributed by atoms with E-state index in [9.17, 15) is 14.0 Å². The van der Waals surface area contributed by atoms with Gasteiger partial charge in [0.1, 0.15) is 12.4 Å². The van der Waals surface area contributed by atoms with Crippen molar-refractivity contribution in [3.05, 3.63) is 35.6 Å². The zero-order valence-corrected chi connectivity index (χ0v) is 13.1. The summed E-state index contributed by atoms with van der Waals surface area (Å²) in [7, 11) is 1.50. The van der Waals surface area contributed by atoms with E-state index in [4.69, 9.17) is 4.74 Å². The Labute approximate surface area is 134 Å². The second-order valence-electron chi connectivity index (χ2n) is 5.91. The van der Waals surface area contributed by atoms with E-state index in [1.165, 1.54) is 19.2 Å². The summed E-state index contributed by atoms with van der Waals surface area (Å²) in [4.78, 5) is 29.7. The minimum Gasteiger partial charge on any atom is -0.375 e. The molecule has 2 fully saturated rings. The molecule has 7 heteroatoms. The monoisotopic (exact) mass is 321 g/mol. The highest BCUT2D eigenvalue weighted by Crippen LogP contribution is 2.22. The van der Waals surface area contributed by atoms with Crippen LogP contribution in [0.1, 0.15) is 5.56 Å². The second kappa shape index (κ2) is 6.54. The molecule has 2 aliphatic rings. The molecule has 3 rings (SSSR count). The molecular weight excluding hydrogens is 301 g/mol. The molecule has 1 unspecified atom stereocenters. The van der Waals surface area contributed by atoms with Gasteiger partial charge in [-0.1, -0.05) is 12.1 Å². The Morgan fingerprint density at radius 3 is 2.70 bits per heavy atom. The van der Waals surface area contributed by atoms with Gasteiger partial charge in [0.15, 0.2) is 0 Å². The minimum atomic E-state index is -0.286. The van der Waals surface area contributed by atoms with Crippen LogP contribution >= 0.6 is 0 Å². The molecule has 2 saturated heterocycles. The topological polar surface area (TPSA) is 53.1 Å². The Balaban J connectivity index is 1.63.